The largest absolute Gasteiger partial charge is 0.503 e. The molecular formula is C17H11ClFNO3S2. The molecule has 2 aromatic rings. The Hall–Kier alpha value is -2.09. The lowest BCUT2D eigenvalue weighted by Crippen LogP contribution is -2.27. The predicted octanol–water partition coefficient (Wildman–Crippen LogP) is 4.60. The number of benzene rings is 2. The van der Waals surface area contributed by atoms with Crippen molar-refractivity contribution in [2.24, 2.45) is 0 Å². The van der Waals surface area contributed by atoms with E-state index in [1.807, 2.05) is 0 Å². The summed E-state index contributed by atoms with van der Waals surface area (Å²) in [7, 11) is 1.41. The van der Waals surface area contributed by atoms with Crippen molar-refractivity contribution in [2.75, 3.05) is 12.0 Å². The van der Waals surface area contributed by atoms with Crippen molar-refractivity contribution in [1.82, 2.24) is 0 Å². The molecule has 1 aliphatic rings. The van der Waals surface area contributed by atoms with Crippen LogP contribution in [0.15, 0.2) is 41.3 Å². The van der Waals surface area contributed by atoms with Crippen molar-refractivity contribution in [1.29, 1.82) is 0 Å². The zero-order valence-electron chi connectivity index (χ0n) is 12.8. The zero-order valence-corrected chi connectivity index (χ0v) is 15.2. The molecule has 0 unspecified atom stereocenters. The molecule has 0 aliphatic carbocycles. The smallest absolute Gasteiger partial charge is 0.270 e. The minimum absolute atomic E-state index is 0.111. The Labute approximate surface area is 157 Å². The summed E-state index contributed by atoms with van der Waals surface area (Å²) in [6, 6.07) is 8.59. The fourth-order valence-electron chi connectivity index (χ4n) is 2.26. The maximum atomic E-state index is 13.1. The molecule has 1 amide bonds. The molecule has 0 spiro atoms. The van der Waals surface area contributed by atoms with Gasteiger partial charge in [-0.3, -0.25) is 9.69 Å². The summed E-state index contributed by atoms with van der Waals surface area (Å²) < 4.78 is 18.5. The van der Waals surface area contributed by atoms with E-state index >= 15 is 0 Å². The number of amides is 1. The number of rotatable bonds is 3. The third kappa shape index (κ3) is 3.49. The van der Waals surface area contributed by atoms with Crippen molar-refractivity contribution in [3.63, 3.8) is 0 Å². The number of nitrogens with zero attached hydrogens (tertiary/aromatic N) is 1. The molecule has 0 aromatic heterocycles. The molecule has 0 bridgehead atoms. The van der Waals surface area contributed by atoms with Crippen LogP contribution in [0.4, 0.5) is 10.1 Å². The van der Waals surface area contributed by atoms with Crippen molar-refractivity contribution in [2.45, 2.75) is 0 Å². The lowest BCUT2D eigenvalue weighted by molar-refractivity contribution is -0.113. The summed E-state index contributed by atoms with van der Waals surface area (Å²) in [6.45, 7) is 0. The van der Waals surface area contributed by atoms with Gasteiger partial charge in [-0.2, -0.15) is 0 Å². The van der Waals surface area contributed by atoms with E-state index in [-0.39, 0.29) is 22.4 Å². The Morgan fingerprint density at radius 1 is 1.32 bits per heavy atom. The number of phenols is 1. The summed E-state index contributed by atoms with van der Waals surface area (Å²) >= 11 is 12.4. The van der Waals surface area contributed by atoms with Gasteiger partial charge < -0.3 is 9.84 Å². The van der Waals surface area contributed by atoms with Gasteiger partial charge in [0.25, 0.3) is 5.91 Å². The zero-order chi connectivity index (χ0) is 18.1. The number of ether oxygens (including phenoxy) is 1. The number of methoxy groups -OCH3 is 1. The number of aromatic hydroxyl groups is 1. The highest BCUT2D eigenvalue weighted by molar-refractivity contribution is 8.27. The molecule has 25 heavy (non-hydrogen) atoms. The molecule has 0 saturated carbocycles. The lowest BCUT2D eigenvalue weighted by atomic mass is 10.1. The Bertz CT molecular complexity index is 900. The van der Waals surface area contributed by atoms with Crippen molar-refractivity contribution < 1.29 is 19.0 Å². The van der Waals surface area contributed by atoms with E-state index in [1.165, 1.54) is 42.3 Å². The van der Waals surface area contributed by atoms with E-state index in [4.69, 9.17) is 28.6 Å². The van der Waals surface area contributed by atoms with Gasteiger partial charge >= 0.3 is 0 Å². The minimum atomic E-state index is -0.393. The van der Waals surface area contributed by atoms with Gasteiger partial charge in [0.15, 0.2) is 15.8 Å². The van der Waals surface area contributed by atoms with E-state index in [9.17, 15) is 14.3 Å². The molecule has 1 N–H and O–H groups in total. The van der Waals surface area contributed by atoms with E-state index < -0.39 is 5.82 Å². The van der Waals surface area contributed by atoms with Gasteiger partial charge in [-0.05, 0) is 48.0 Å². The van der Waals surface area contributed by atoms with Crippen molar-refractivity contribution in [3.05, 3.63) is 57.7 Å². The first-order chi connectivity index (χ1) is 11.9. The minimum Gasteiger partial charge on any atom is -0.503 e. The molecule has 2 aromatic carbocycles. The van der Waals surface area contributed by atoms with Crippen LogP contribution >= 0.6 is 35.6 Å². The first-order valence-corrected chi connectivity index (χ1v) is 8.61. The van der Waals surface area contributed by atoms with Crippen LogP contribution in [0.25, 0.3) is 6.08 Å². The Balaban J connectivity index is 1.95. The quantitative estimate of drug-likeness (QED) is 0.608. The fourth-order valence-corrected chi connectivity index (χ4v) is 3.78. The molecule has 1 fully saturated rings. The second-order valence-corrected chi connectivity index (χ2v) is 7.13. The van der Waals surface area contributed by atoms with Gasteiger partial charge in [-0.1, -0.05) is 35.6 Å². The van der Waals surface area contributed by atoms with Crippen LogP contribution in [0, 0.1) is 5.82 Å². The maximum absolute atomic E-state index is 13.1. The molecule has 8 heteroatoms. The van der Waals surface area contributed by atoms with Gasteiger partial charge in [0, 0.05) is 0 Å². The molecule has 0 radical (unpaired) electrons. The molecule has 4 nitrogen and oxygen atoms in total. The maximum Gasteiger partial charge on any atom is 0.270 e. The van der Waals surface area contributed by atoms with Crippen LogP contribution in [0.2, 0.25) is 5.02 Å². The Morgan fingerprint density at radius 2 is 2.00 bits per heavy atom. The van der Waals surface area contributed by atoms with Crippen molar-refractivity contribution >= 4 is 57.6 Å². The van der Waals surface area contributed by atoms with Crippen LogP contribution in [0.5, 0.6) is 11.5 Å². The number of hydrogen-bond donors (Lipinski definition) is 1. The monoisotopic (exact) mass is 395 g/mol. The number of thioether (sulfide) groups is 1. The van der Waals surface area contributed by atoms with Gasteiger partial charge in [0.2, 0.25) is 0 Å². The number of carbonyl (C=O) groups excluding carboxylic acids is 1. The molecule has 128 valence electrons. The summed E-state index contributed by atoms with van der Waals surface area (Å²) in [4.78, 5) is 14.4. The number of halogens is 2. The first-order valence-electron chi connectivity index (χ1n) is 7.00. The highest BCUT2D eigenvalue weighted by Gasteiger charge is 2.33. The van der Waals surface area contributed by atoms with E-state index in [0.717, 1.165) is 11.8 Å². The lowest BCUT2D eigenvalue weighted by Gasteiger charge is -2.14. The Morgan fingerprint density at radius 3 is 2.64 bits per heavy atom. The average molecular weight is 396 g/mol. The second kappa shape index (κ2) is 7.03. The third-order valence-corrected chi connectivity index (χ3v) is 5.04. The predicted molar refractivity (Wildman–Crippen MR) is 102 cm³/mol. The van der Waals surface area contributed by atoms with Crippen molar-refractivity contribution in [3.8, 4) is 11.5 Å². The van der Waals surface area contributed by atoms with Gasteiger partial charge in [0.05, 0.1) is 22.7 Å². The van der Waals surface area contributed by atoms with Crippen LogP contribution in [0.3, 0.4) is 0 Å². The average Bonchev–Trinajstić information content (AvgIpc) is 2.85. The number of phenolic OH excluding ortho intramolecular Hbond substituents is 1. The normalized spacial score (nSPS) is 16.0. The molecule has 0 atom stereocenters. The molecule has 1 saturated heterocycles. The summed E-state index contributed by atoms with van der Waals surface area (Å²) in [6.07, 6.45) is 1.61. The van der Waals surface area contributed by atoms with Crippen LogP contribution in [0.1, 0.15) is 5.56 Å². The van der Waals surface area contributed by atoms with Crippen LogP contribution in [-0.2, 0) is 4.79 Å². The number of carbonyl (C=O) groups is 1. The van der Waals surface area contributed by atoms with E-state index in [1.54, 1.807) is 12.1 Å². The summed E-state index contributed by atoms with van der Waals surface area (Å²) in [5, 5.41) is 9.89. The second-order valence-electron chi connectivity index (χ2n) is 5.05. The Kier molecular flexibility index (Phi) is 4.99. The van der Waals surface area contributed by atoms with Crippen LogP contribution in [-0.4, -0.2) is 22.4 Å². The molecule has 1 heterocycles. The summed E-state index contributed by atoms with van der Waals surface area (Å²) in [5.41, 5.74) is 1.08. The molecule has 3 rings (SSSR count). The fraction of sp³-hybridized carbons (Fsp3) is 0.0588. The van der Waals surface area contributed by atoms with Gasteiger partial charge in [0.1, 0.15) is 5.82 Å². The van der Waals surface area contributed by atoms with Gasteiger partial charge in [-0.15, -0.1) is 0 Å². The number of hydrogen-bond acceptors (Lipinski definition) is 5. The summed E-state index contributed by atoms with van der Waals surface area (Å²) in [5.74, 6) is -0.673. The highest BCUT2D eigenvalue weighted by atomic mass is 35.5. The van der Waals surface area contributed by atoms with E-state index in [2.05, 4.69) is 0 Å². The van der Waals surface area contributed by atoms with E-state index in [0.29, 0.717) is 20.5 Å². The molecule has 1 aliphatic heterocycles. The van der Waals surface area contributed by atoms with Crippen LogP contribution < -0.4 is 9.64 Å². The SMILES string of the molecule is COc1cc(/C=C2\SC(=S)N(c3ccc(F)cc3)C2=O)cc(Cl)c1O. The number of anilines is 1. The third-order valence-electron chi connectivity index (χ3n) is 3.45. The molecular weight excluding hydrogens is 385 g/mol. The van der Waals surface area contributed by atoms with Gasteiger partial charge in [-0.25, -0.2) is 4.39 Å². The standard InChI is InChI=1S/C17H11ClFNO3S2/c1-23-13-7-9(6-12(18)15(13)21)8-14-16(22)20(17(24)25-14)11-4-2-10(19)3-5-11/h2-8,21H,1H3/b14-8-. The number of thiocarbonyl (C=S) groups is 1. The first kappa shape index (κ1) is 17.7. The highest BCUT2D eigenvalue weighted by Crippen LogP contribution is 2.39. The topological polar surface area (TPSA) is 49.8 Å².